The molecule has 0 aromatic carbocycles. The van der Waals surface area contributed by atoms with Crippen LogP contribution < -0.4 is 10.6 Å². The van der Waals surface area contributed by atoms with E-state index in [9.17, 15) is 4.21 Å². The second-order valence-electron chi connectivity index (χ2n) is 2.99. The van der Waals surface area contributed by atoms with E-state index >= 15 is 0 Å². The Morgan fingerprint density at radius 3 is 2.75 bits per heavy atom. The van der Waals surface area contributed by atoms with Gasteiger partial charge in [0.25, 0.3) is 0 Å². The van der Waals surface area contributed by atoms with Crippen molar-refractivity contribution < 1.29 is 4.21 Å². The van der Waals surface area contributed by atoms with Gasteiger partial charge in [-0.25, -0.2) is 9.97 Å². The highest BCUT2D eigenvalue weighted by atomic mass is 79.9. The summed E-state index contributed by atoms with van der Waals surface area (Å²) in [4.78, 5) is 8.15. The largest absolute Gasteiger partial charge is 0.372 e. The summed E-state index contributed by atoms with van der Waals surface area (Å²) in [5.41, 5.74) is 0. The van der Waals surface area contributed by atoms with Gasteiger partial charge in [-0.15, -0.1) is 0 Å². The number of rotatable bonds is 6. The van der Waals surface area contributed by atoms with Crippen LogP contribution in [0.3, 0.4) is 0 Å². The molecule has 7 heteroatoms. The fourth-order valence-corrected chi connectivity index (χ4v) is 2.26. The Kier molecular flexibility index (Phi) is 5.68. The molecule has 0 fully saturated rings. The van der Waals surface area contributed by atoms with Crippen molar-refractivity contribution in [3.63, 3.8) is 0 Å². The van der Waals surface area contributed by atoms with Crippen LogP contribution in [0.2, 0.25) is 0 Å². The second kappa shape index (κ2) is 6.80. The third-order valence-corrected chi connectivity index (χ3v) is 4.02. The van der Waals surface area contributed by atoms with E-state index in [1.54, 1.807) is 7.05 Å². The summed E-state index contributed by atoms with van der Waals surface area (Å²) in [7, 11) is 1.04. The van der Waals surface area contributed by atoms with Gasteiger partial charge in [0.15, 0.2) is 0 Å². The Morgan fingerprint density at radius 2 is 2.12 bits per heavy atom. The Morgan fingerprint density at radius 1 is 1.44 bits per heavy atom. The lowest BCUT2D eigenvalue weighted by molar-refractivity contribution is 0.684. The van der Waals surface area contributed by atoms with Gasteiger partial charge >= 0.3 is 0 Å². The standard InChI is InChI=1S/C9H15BrN4OS/c1-3-16(15)5-4-12-9-7(10)8(11-2)13-6-14-9/h6H,3-5H2,1-2H3,(H2,11,12,13,14). The number of anilines is 2. The zero-order chi connectivity index (χ0) is 12.0. The molecule has 1 aromatic rings. The first-order chi connectivity index (χ1) is 7.69. The summed E-state index contributed by atoms with van der Waals surface area (Å²) >= 11 is 3.40. The number of aromatic nitrogens is 2. The van der Waals surface area contributed by atoms with E-state index < -0.39 is 10.8 Å². The van der Waals surface area contributed by atoms with Crippen molar-refractivity contribution in [3.05, 3.63) is 10.8 Å². The Hall–Kier alpha value is -0.690. The molecule has 0 aliphatic rings. The summed E-state index contributed by atoms with van der Waals surface area (Å²) in [5, 5.41) is 6.07. The molecule has 2 N–H and O–H groups in total. The van der Waals surface area contributed by atoms with Gasteiger partial charge in [-0.1, -0.05) is 6.92 Å². The molecule has 1 aromatic heterocycles. The molecule has 0 bridgehead atoms. The minimum Gasteiger partial charge on any atom is -0.372 e. The first-order valence-corrected chi connectivity index (χ1v) is 7.24. The minimum absolute atomic E-state index is 0.627. The van der Waals surface area contributed by atoms with Crippen LogP contribution in [0.4, 0.5) is 11.6 Å². The van der Waals surface area contributed by atoms with Crippen molar-refractivity contribution in [3.8, 4) is 0 Å². The zero-order valence-electron chi connectivity index (χ0n) is 9.29. The maximum Gasteiger partial charge on any atom is 0.145 e. The van der Waals surface area contributed by atoms with Crippen molar-refractivity contribution in [2.24, 2.45) is 0 Å². The summed E-state index contributed by atoms with van der Waals surface area (Å²) in [6.45, 7) is 2.55. The number of nitrogens with one attached hydrogen (secondary N) is 2. The van der Waals surface area contributed by atoms with Crippen LogP contribution >= 0.6 is 15.9 Å². The lowest BCUT2D eigenvalue weighted by Gasteiger charge is -2.09. The van der Waals surface area contributed by atoms with Crippen molar-refractivity contribution in [2.75, 3.05) is 35.7 Å². The normalized spacial score (nSPS) is 12.2. The highest BCUT2D eigenvalue weighted by molar-refractivity contribution is 9.10. The summed E-state index contributed by atoms with van der Waals surface area (Å²) in [5.74, 6) is 2.76. The molecular weight excluding hydrogens is 292 g/mol. The number of halogens is 1. The quantitative estimate of drug-likeness (QED) is 0.833. The van der Waals surface area contributed by atoms with Gasteiger partial charge in [0.2, 0.25) is 0 Å². The molecule has 0 saturated carbocycles. The van der Waals surface area contributed by atoms with E-state index in [1.165, 1.54) is 6.33 Å². The van der Waals surface area contributed by atoms with Gasteiger partial charge in [-0.3, -0.25) is 4.21 Å². The molecular formula is C9H15BrN4OS. The van der Waals surface area contributed by atoms with Gasteiger partial charge in [-0.05, 0) is 15.9 Å². The van der Waals surface area contributed by atoms with E-state index in [4.69, 9.17) is 0 Å². The molecule has 1 rings (SSSR count). The first-order valence-electron chi connectivity index (χ1n) is 4.96. The second-order valence-corrected chi connectivity index (χ2v) is 5.65. The zero-order valence-corrected chi connectivity index (χ0v) is 11.7. The Balaban J connectivity index is 2.57. The van der Waals surface area contributed by atoms with E-state index in [2.05, 4.69) is 36.5 Å². The van der Waals surface area contributed by atoms with Gasteiger partial charge < -0.3 is 10.6 Å². The van der Waals surface area contributed by atoms with Gasteiger partial charge in [0, 0.05) is 35.9 Å². The fraction of sp³-hybridized carbons (Fsp3) is 0.556. The molecule has 0 aliphatic carbocycles. The van der Waals surface area contributed by atoms with Crippen LogP contribution in [-0.4, -0.2) is 39.3 Å². The van der Waals surface area contributed by atoms with Gasteiger partial charge in [-0.2, -0.15) is 0 Å². The average molecular weight is 307 g/mol. The van der Waals surface area contributed by atoms with Gasteiger partial charge in [0.05, 0.1) is 0 Å². The molecule has 1 atom stereocenters. The molecule has 0 spiro atoms. The number of hydrogen-bond donors (Lipinski definition) is 2. The van der Waals surface area contributed by atoms with Crippen molar-refractivity contribution in [1.82, 2.24) is 9.97 Å². The van der Waals surface area contributed by atoms with Crippen LogP contribution in [0.25, 0.3) is 0 Å². The predicted octanol–water partition coefficient (Wildman–Crippen LogP) is 1.46. The summed E-state index contributed by atoms with van der Waals surface area (Å²) in [6.07, 6.45) is 1.48. The van der Waals surface area contributed by atoms with Gasteiger partial charge in [0.1, 0.15) is 22.4 Å². The molecule has 0 saturated heterocycles. The summed E-state index contributed by atoms with van der Waals surface area (Å²) in [6, 6.07) is 0. The van der Waals surface area contributed by atoms with Crippen LogP contribution in [0.1, 0.15) is 6.92 Å². The highest BCUT2D eigenvalue weighted by Gasteiger charge is 2.06. The molecule has 0 radical (unpaired) electrons. The fourth-order valence-electron chi connectivity index (χ4n) is 1.09. The van der Waals surface area contributed by atoms with Crippen LogP contribution in [0, 0.1) is 0 Å². The number of nitrogens with zero attached hydrogens (tertiary/aromatic N) is 2. The Labute approximate surface area is 106 Å². The van der Waals surface area contributed by atoms with Crippen molar-refractivity contribution in [2.45, 2.75) is 6.92 Å². The van der Waals surface area contributed by atoms with Crippen molar-refractivity contribution in [1.29, 1.82) is 0 Å². The maximum absolute atomic E-state index is 11.2. The highest BCUT2D eigenvalue weighted by Crippen LogP contribution is 2.25. The van der Waals surface area contributed by atoms with E-state index in [0.717, 1.165) is 10.3 Å². The average Bonchev–Trinajstić information content (AvgIpc) is 2.31. The van der Waals surface area contributed by atoms with E-state index in [0.29, 0.717) is 23.9 Å². The molecule has 16 heavy (non-hydrogen) atoms. The third kappa shape index (κ3) is 3.71. The molecule has 5 nitrogen and oxygen atoms in total. The monoisotopic (exact) mass is 306 g/mol. The Bertz CT molecular complexity index is 375. The minimum atomic E-state index is -0.751. The van der Waals surface area contributed by atoms with Crippen LogP contribution in [0.15, 0.2) is 10.8 Å². The third-order valence-electron chi connectivity index (χ3n) is 1.97. The number of hydrogen-bond acceptors (Lipinski definition) is 5. The molecule has 1 unspecified atom stereocenters. The predicted molar refractivity (Wildman–Crippen MR) is 71.3 cm³/mol. The van der Waals surface area contributed by atoms with Crippen LogP contribution in [-0.2, 0) is 10.8 Å². The van der Waals surface area contributed by atoms with E-state index in [-0.39, 0.29) is 0 Å². The molecule has 1 heterocycles. The van der Waals surface area contributed by atoms with E-state index in [1.807, 2.05) is 6.92 Å². The first kappa shape index (κ1) is 13.4. The molecule has 90 valence electrons. The topological polar surface area (TPSA) is 66.9 Å². The van der Waals surface area contributed by atoms with Crippen LogP contribution in [0.5, 0.6) is 0 Å². The molecule has 0 aliphatic heterocycles. The maximum atomic E-state index is 11.2. The summed E-state index contributed by atoms with van der Waals surface area (Å²) < 4.78 is 12.0. The molecule has 0 amide bonds. The lowest BCUT2D eigenvalue weighted by Crippen LogP contribution is -2.13. The van der Waals surface area contributed by atoms with Crippen molar-refractivity contribution >= 4 is 38.4 Å². The SMILES string of the molecule is CCS(=O)CCNc1ncnc(NC)c1Br. The smallest absolute Gasteiger partial charge is 0.145 e. The lowest BCUT2D eigenvalue weighted by atomic mass is 10.5.